The third-order valence-corrected chi connectivity index (χ3v) is 3.99. The smallest absolute Gasteiger partial charge is 0.270 e. The van der Waals surface area contributed by atoms with Crippen molar-refractivity contribution in [1.29, 1.82) is 0 Å². The number of hydrogen-bond donors (Lipinski definition) is 2. The number of aliphatic hydroxyl groups excluding tert-OH is 1. The molecule has 0 radical (unpaired) electrons. The first kappa shape index (κ1) is 15.6. The van der Waals surface area contributed by atoms with Crippen LogP contribution in [0.3, 0.4) is 0 Å². The maximum atomic E-state index is 11.9. The van der Waals surface area contributed by atoms with Crippen molar-refractivity contribution in [2.45, 2.75) is 19.1 Å². The maximum Gasteiger partial charge on any atom is 0.270 e. The van der Waals surface area contributed by atoms with E-state index in [-0.39, 0.29) is 12.5 Å². The molecule has 0 fully saturated rings. The Labute approximate surface area is 135 Å². The normalized spacial score (nSPS) is 15.7. The quantitative estimate of drug-likeness (QED) is 0.846. The molecule has 0 bridgehead atoms. The van der Waals surface area contributed by atoms with E-state index in [2.05, 4.69) is 38.4 Å². The SMILES string of the molecule is O=C(NC[C@@H](O)CN1CCc2ccccc2C1)c1ccncn1. The van der Waals surface area contributed by atoms with Crippen molar-refractivity contribution in [3.63, 3.8) is 0 Å². The Kier molecular flexibility index (Phi) is 4.95. The summed E-state index contributed by atoms with van der Waals surface area (Å²) in [6.07, 6.45) is 3.24. The molecule has 120 valence electrons. The third-order valence-electron chi connectivity index (χ3n) is 3.99. The first-order valence-electron chi connectivity index (χ1n) is 7.74. The number of β-amino-alcohol motifs (C(OH)–C–C–N with tert-alkyl or cyclic N) is 1. The Bertz CT molecular complexity index is 663. The molecule has 2 aromatic rings. The summed E-state index contributed by atoms with van der Waals surface area (Å²) in [7, 11) is 0. The molecule has 1 aliphatic rings. The average molecular weight is 312 g/mol. The Morgan fingerprint density at radius 2 is 2.13 bits per heavy atom. The van der Waals surface area contributed by atoms with Gasteiger partial charge in [0.05, 0.1) is 6.10 Å². The summed E-state index contributed by atoms with van der Waals surface area (Å²) in [4.78, 5) is 21.7. The Balaban J connectivity index is 1.47. The van der Waals surface area contributed by atoms with Gasteiger partial charge in [-0.15, -0.1) is 0 Å². The standard InChI is InChI=1S/C17H20N4O2/c22-15(9-19-17(23)16-5-7-18-12-20-16)11-21-8-6-13-3-1-2-4-14(13)10-21/h1-5,7,12,15,22H,6,8-11H2,(H,19,23)/t15-/m1/s1. The van der Waals surface area contributed by atoms with Gasteiger partial charge in [-0.25, -0.2) is 9.97 Å². The molecule has 6 nitrogen and oxygen atoms in total. The Morgan fingerprint density at radius 3 is 2.91 bits per heavy atom. The van der Waals surface area contributed by atoms with Gasteiger partial charge < -0.3 is 10.4 Å². The number of benzene rings is 1. The predicted octanol–water partition coefficient (Wildman–Crippen LogP) is 0.626. The number of nitrogens with zero attached hydrogens (tertiary/aromatic N) is 3. The van der Waals surface area contributed by atoms with E-state index in [0.717, 1.165) is 19.5 Å². The Hall–Kier alpha value is -2.31. The number of aromatic nitrogens is 2. The summed E-state index contributed by atoms with van der Waals surface area (Å²) in [6, 6.07) is 9.94. The van der Waals surface area contributed by atoms with Gasteiger partial charge in [-0.1, -0.05) is 24.3 Å². The first-order valence-corrected chi connectivity index (χ1v) is 7.74. The van der Waals surface area contributed by atoms with Gasteiger partial charge in [-0.05, 0) is 23.6 Å². The molecule has 0 saturated heterocycles. The molecule has 0 spiro atoms. The number of carbonyl (C=O) groups excluding carboxylic acids is 1. The fraction of sp³-hybridized carbons (Fsp3) is 0.353. The van der Waals surface area contributed by atoms with Crippen LogP contribution >= 0.6 is 0 Å². The van der Waals surface area contributed by atoms with Crippen LogP contribution in [0.2, 0.25) is 0 Å². The van der Waals surface area contributed by atoms with E-state index in [1.807, 2.05) is 6.07 Å². The lowest BCUT2D eigenvalue weighted by Gasteiger charge is -2.30. The minimum Gasteiger partial charge on any atom is -0.390 e. The van der Waals surface area contributed by atoms with Crippen LogP contribution in [0.4, 0.5) is 0 Å². The van der Waals surface area contributed by atoms with Crippen molar-refractivity contribution < 1.29 is 9.90 Å². The summed E-state index contributed by atoms with van der Waals surface area (Å²) < 4.78 is 0. The second kappa shape index (κ2) is 7.30. The first-order chi connectivity index (χ1) is 11.2. The number of carbonyl (C=O) groups is 1. The molecular weight excluding hydrogens is 292 g/mol. The topological polar surface area (TPSA) is 78.4 Å². The number of hydrogen-bond acceptors (Lipinski definition) is 5. The third kappa shape index (κ3) is 4.12. The van der Waals surface area contributed by atoms with Gasteiger partial charge in [-0.2, -0.15) is 0 Å². The molecule has 1 amide bonds. The van der Waals surface area contributed by atoms with Crippen LogP contribution in [0.15, 0.2) is 42.9 Å². The molecule has 3 rings (SSSR count). The van der Waals surface area contributed by atoms with E-state index >= 15 is 0 Å². The van der Waals surface area contributed by atoms with E-state index in [1.165, 1.54) is 23.7 Å². The van der Waals surface area contributed by atoms with Crippen molar-refractivity contribution >= 4 is 5.91 Å². The molecule has 0 unspecified atom stereocenters. The van der Waals surface area contributed by atoms with E-state index in [4.69, 9.17) is 0 Å². The zero-order chi connectivity index (χ0) is 16.1. The van der Waals surface area contributed by atoms with Crippen LogP contribution in [0.25, 0.3) is 0 Å². The second-order valence-electron chi connectivity index (χ2n) is 5.71. The van der Waals surface area contributed by atoms with Crippen molar-refractivity contribution in [2.75, 3.05) is 19.6 Å². The molecular formula is C17H20N4O2. The van der Waals surface area contributed by atoms with Gasteiger partial charge in [0, 0.05) is 32.4 Å². The molecule has 2 N–H and O–H groups in total. The highest BCUT2D eigenvalue weighted by Crippen LogP contribution is 2.18. The molecule has 0 saturated carbocycles. The number of amides is 1. The summed E-state index contributed by atoms with van der Waals surface area (Å²) in [5.74, 6) is -0.296. The van der Waals surface area contributed by atoms with Crippen molar-refractivity contribution in [3.8, 4) is 0 Å². The number of fused-ring (bicyclic) bond motifs is 1. The lowest BCUT2D eigenvalue weighted by Crippen LogP contribution is -2.42. The van der Waals surface area contributed by atoms with Gasteiger partial charge in [0.25, 0.3) is 5.91 Å². The monoisotopic (exact) mass is 312 g/mol. The molecule has 1 aliphatic heterocycles. The van der Waals surface area contributed by atoms with E-state index in [0.29, 0.717) is 12.2 Å². The van der Waals surface area contributed by atoms with Crippen LogP contribution in [-0.2, 0) is 13.0 Å². The van der Waals surface area contributed by atoms with Crippen LogP contribution < -0.4 is 5.32 Å². The number of nitrogens with one attached hydrogen (secondary N) is 1. The van der Waals surface area contributed by atoms with Crippen molar-refractivity contribution in [2.24, 2.45) is 0 Å². The molecule has 0 aliphatic carbocycles. The van der Waals surface area contributed by atoms with Crippen molar-refractivity contribution in [1.82, 2.24) is 20.2 Å². The van der Waals surface area contributed by atoms with Gasteiger partial charge in [0.15, 0.2) is 0 Å². The highest BCUT2D eigenvalue weighted by Gasteiger charge is 2.19. The fourth-order valence-electron chi connectivity index (χ4n) is 2.80. The largest absolute Gasteiger partial charge is 0.390 e. The van der Waals surface area contributed by atoms with Gasteiger partial charge in [-0.3, -0.25) is 9.69 Å². The van der Waals surface area contributed by atoms with Crippen LogP contribution in [-0.4, -0.2) is 51.6 Å². The molecule has 1 atom stereocenters. The molecule has 2 heterocycles. The highest BCUT2D eigenvalue weighted by molar-refractivity contribution is 5.92. The van der Waals surface area contributed by atoms with Gasteiger partial charge in [0.2, 0.25) is 0 Å². The molecule has 23 heavy (non-hydrogen) atoms. The molecule has 1 aromatic heterocycles. The summed E-state index contributed by atoms with van der Waals surface area (Å²) >= 11 is 0. The minimum atomic E-state index is -0.606. The summed E-state index contributed by atoms with van der Waals surface area (Å²) in [5, 5.41) is 12.9. The van der Waals surface area contributed by atoms with Gasteiger partial charge in [0.1, 0.15) is 12.0 Å². The lowest BCUT2D eigenvalue weighted by atomic mass is 10.00. The number of rotatable bonds is 5. The van der Waals surface area contributed by atoms with Crippen LogP contribution in [0.5, 0.6) is 0 Å². The minimum absolute atomic E-state index is 0.209. The fourth-order valence-corrected chi connectivity index (χ4v) is 2.80. The van der Waals surface area contributed by atoms with E-state index in [9.17, 15) is 9.90 Å². The zero-order valence-electron chi connectivity index (χ0n) is 12.9. The van der Waals surface area contributed by atoms with E-state index < -0.39 is 6.10 Å². The summed E-state index contributed by atoms with van der Waals surface area (Å²) in [6.45, 7) is 2.51. The van der Waals surface area contributed by atoms with Gasteiger partial charge >= 0.3 is 0 Å². The van der Waals surface area contributed by atoms with Crippen molar-refractivity contribution in [3.05, 3.63) is 59.7 Å². The maximum absolute atomic E-state index is 11.9. The second-order valence-corrected chi connectivity index (χ2v) is 5.71. The van der Waals surface area contributed by atoms with Crippen LogP contribution in [0, 0.1) is 0 Å². The molecule has 6 heteroatoms. The summed E-state index contributed by atoms with van der Waals surface area (Å²) in [5.41, 5.74) is 3.00. The van der Waals surface area contributed by atoms with Crippen LogP contribution in [0.1, 0.15) is 21.6 Å². The zero-order valence-corrected chi connectivity index (χ0v) is 12.9. The number of aliphatic hydroxyl groups is 1. The Morgan fingerprint density at radius 1 is 1.30 bits per heavy atom. The lowest BCUT2D eigenvalue weighted by molar-refractivity contribution is 0.0838. The predicted molar refractivity (Wildman–Crippen MR) is 85.8 cm³/mol. The average Bonchev–Trinajstić information content (AvgIpc) is 2.60. The van der Waals surface area contributed by atoms with E-state index in [1.54, 1.807) is 6.07 Å². The molecule has 1 aromatic carbocycles. The highest BCUT2D eigenvalue weighted by atomic mass is 16.3.